The van der Waals surface area contributed by atoms with Gasteiger partial charge in [0.15, 0.2) is 0 Å². The smallest absolute Gasteiger partial charge is 0.150 e. The van der Waals surface area contributed by atoms with Gasteiger partial charge in [-0.25, -0.2) is 8.78 Å². The summed E-state index contributed by atoms with van der Waals surface area (Å²) in [4.78, 5) is 1.63. The maximum absolute atomic E-state index is 14.0. The number of nitrogens with two attached hydrogens (primary N) is 1. The van der Waals surface area contributed by atoms with Gasteiger partial charge in [-0.05, 0) is 30.9 Å². The Labute approximate surface area is 111 Å². The normalized spacial score (nSPS) is 15.7. The van der Waals surface area contributed by atoms with E-state index in [1.165, 1.54) is 12.8 Å². The fraction of sp³-hybridized carbons (Fsp3) is 0.500. The summed E-state index contributed by atoms with van der Waals surface area (Å²) in [5.41, 5.74) is 5.29. The van der Waals surface area contributed by atoms with Crippen molar-refractivity contribution >= 4 is 11.5 Å². The van der Waals surface area contributed by atoms with Gasteiger partial charge >= 0.3 is 0 Å². The van der Waals surface area contributed by atoms with Crippen LogP contribution in [0.2, 0.25) is 0 Å². The largest absolute Gasteiger partial charge is 0.384 e. The molecule has 1 saturated carbocycles. The van der Waals surface area contributed by atoms with Gasteiger partial charge in [-0.3, -0.25) is 5.41 Å². The minimum atomic E-state index is -0.661. The Morgan fingerprint density at radius 3 is 2.32 bits per heavy atom. The van der Waals surface area contributed by atoms with E-state index in [0.717, 1.165) is 25.0 Å². The Morgan fingerprint density at radius 1 is 1.32 bits per heavy atom. The average Bonchev–Trinajstić information content (AvgIpc) is 2.80. The maximum atomic E-state index is 14.0. The second-order valence-corrected chi connectivity index (χ2v) is 5.23. The predicted octanol–water partition coefficient (Wildman–Crippen LogP) is 2.88. The summed E-state index contributed by atoms with van der Waals surface area (Å²) in [7, 11) is 1.70. The first-order chi connectivity index (χ1) is 8.99. The lowest BCUT2D eigenvalue weighted by Gasteiger charge is -2.24. The number of benzene rings is 1. The fourth-order valence-corrected chi connectivity index (χ4v) is 2.76. The van der Waals surface area contributed by atoms with Gasteiger partial charge in [0.25, 0.3) is 0 Å². The summed E-state index contributed by atoms with van der Waals surface area (Å²) in [6.45, 7) is 0.660. The molecule has 1 aromatic rings. The monoisotopic (exact) mass is 267 g/mol. The van der Waals surface area contributed by atoms with E-state index < -0.39 is 11.6 Å². The van der Waals surface area contributed by atoms with Crippen LogP contribution in [0, 0.1) is 23.0 Å². The number of rotatable bonds is 4. The van der Waals surface area contributed by atoms with Crippen LogP contribution in [0.15, 0.2) is 12.1 Å². The lowest BCUT2D eigenvalue weighted by Crippen LogP contribution is -2.26. The molecule has 2 rings (SSSR count). The van der Waals surface area contributed by atoms with Crippen molar-refractivity contribution < 1.29 is 8.78 Å². The Morgan fingerprint density at radius 2 is 1.84 bits per heavy atom. The summed E-state index contributed by atoms with van der Waals surface area (Å²) in [6, 6.07) is 2.23. The van der Waals surface area contributed by atoms with Crippen LogP contribution in [0.5, 0.6) is 0 Å². The minimum Gasteiger partial charge on any atom is -0.384 e. The van der Waals surface area contributed by atoms with E-state index in [4.69, 9.17) is 11.1 Å². The standard InChI is InChI=1S/C14H19F2N3/c1-19(8-9-4-2-3-5-9)13-11(15)6-10(14(17)18)7-12(13)16/h6-7,9H,2-5,8H2,1H3,(H3,17,18). The van der Waals surface area contributed by atoms with Crippen molar-refractivity contribution in [3.05, 3.63) is 29.3 Å². The van der Waals surface area contributed by atoms with Crippen LogP contribution in [0.1, 0.15) is 31.2 Å². The molecule has 0 radical (unpaired) electrons. The second-order valence-electron chi connectivity index (χ2n) is 5.23. The van der Waals surface area contributed by atoms with E-state index in [0.29, 0.717) is 12.5 Å². The number of nitrogens with zero attached hydrogens (tertiary/aromatic N) is 1. The summed E-state index contributed by atoms with van der Waals surface area (Å²) in [5, 5.41) is 7.22. The molecule has 104 valence electrons. The van der Waals surface area contributed by atoms with Crippen molar-refractivity contribution in [1.82, 2.24) is 0 Å². The van der Waals surface area contributed by atoms with E-state index in [1.54, 1.807) is 11.9 Å². The van der Waals surface area contributed by atoms with Crippen LogP contribution in [0.4, 0.5) is 14.5 Å². The third-order valence-corrected chi connectivity index (χ3v) is 3.72. The van der Waals surface area contributed by atoms with Crippen LogP contribution >= 0.6 is 0 Å². The molecule has 0 amide bonds. The molecule has 0 spiro atoms. The van der Waals surface area contributed by atoms with Gasteiger partial charge in [-0.1, -0.05) is 12.8 Å². The van der Waals surface area contributed by atoms with Crippen molar-refractivity contribution in [2.75, 3.05) is 18.5 Å². The third-order valence-electron chi connectivity index (χ3n) is 3.72. The molecule has 3 N–H and O–H groups in total. The number of hydrogen-bond donors (Lipinski definition) is 2. The molecule has 0 saturated heterocycles. The van der Waals surface area contributed by atoms with Crippen LogP contribution in [0.3, 0.4) is 0 Å². The predicted molar refractivity (Wildman–Crippen MR) is 72.6 cm³/mol. The lowest BCUT2D eigenvalue weighted by atomic mass is 10.1. The number of nitrogens with one attached hydrogen (secondary N) is 1. The number of nitrogen functional groups attached to an aromatic ring is 1. The van der Waals surface area contributed by atoms with Crippen molar-refractivity contribution in [3.63, 3.8) is 0 Å². The number of anilines is 1. The van der Waals surface area contributed by atoms with Gasteiger partial charge in [-0.2, -0.15) is 0 Å². The SMILES string of the molecule is CN(CC1CCCC1)c1c(F)cc(C(=N)N)cc1F. The molecular formula is C14H19F2N3. The molecule has 0 heterocycles. The number of amidine groups is 1. The molecule has 0 bridgehead atoms. The zero-order valence-corrected chi connectivity index (χ0v) is 11.0. The van der Waals surface area contributed by atoms with E-state index >= 15 is 0 Å². The zero-order valence-electron chi connectivity index (χ0n) is 11.0. The van der Waals surface area contributed by atoms with E-state index in [-0.39, 0.29) is 17.1 Å². The van der Waals surface area contributed by atoms with Gasteiger partial charge in [0, 0.05) is 19.2 Å². The first kappa shape index (κ1) is 13.8. The number of hydrogen-bond acceptors (Lipinski definition) is 2. The highest BCUT2D eigenvalue weighted by molar-refractivity contribution is 5.95. The quantitative estimate of drug-likeness (QED) is 0.651. The highest BCUT2D eigenvalue weighted by Crippen LogP contribution is 2.29. The van der Waals surface area contributed by atoms with Crippen molar-refractivity contribution in [1.29, 1.82) is 5.41 Å². The topological polar surface area (TPSA) is 53.1 Å². The molecule has 1 aliphatic rings. The average molecular weight is 267 g/mol. The molecule has 0 atom stereocenters. The molecule has 3 nitrogen and oxygen atoms in total. The number of halogens is 2. The van der Waals surface area contributed by atoms with Crippen molar-refractivity contribution in [2.45, 2.75) is 25.7 Å². The lowest BCUT2D eigenvalue weighted by molar-refractivity contribution is 0.525. The summed E-state index contributed by atoms with van der Waals surface area (Å²) >= 11 is 0. The second kappa shape index (κ2) is 5.55. The maximum Gasteiger partial charge on any atom is 0.150 e. The van der Waals surface area contributed by atoms with Crippen LogP contribution in [0.25, 0.3) is 0 Å². The Balaban J connectivity index is 2.21. The highest BCUT2D eigenvalue weighted by Gasteiger charge is 2.21. The van der Waals surface area contributed by atoms with Gasteiger partial charge in [0.2, 0.25) is 0 Å². The first-order valence-electron chi connectivity index (χ1n) is 6.53. The van der Waals surface area contributed by atoms with Gasteiger partial charge < -0.3 is 10.6 Å². The van der Waals surface area contributed by atoms with E-state index in [2.05, 4.69) is 0 Å². The van der Waals surface area contributed by atoms with E-state index in [1.807, 2.05) is 0 Å². The Hall–Kier alpha value is -1.65. The molecule has 1 fully saturated rings. The highest BCUT2D eigenvalue weighted by atomic mass is 19.1. The molecule has 0 aromatic heterocycles. The molecular weight excluding hydrogens is 248 g/mol. The fourth-order valence-electron chi connectivity index (χ4n) is 2.76. The Kier molecular flexibility index (Phi) is 4.02. The van der Waals surface area contributed by atoms with Gasteiger partial charge in [0.1, 0.15) is 23.2 Å². The summed E-state index contributed by atoms with van der Waals surface area (Å²) < 4.78 is 27.9. The Bertz CT molecular complexity index is 459. The molecule has 5 heteroatoms. The van der Waals surface area contributed by atoms with Crippen LogP contribution in [-0.2, 0) is 0 Å². The summed E-state index contributed by atoms with van der Waals surface area (Å²) in [5.74, 6) is -1.14. The molecule has 0 unspecified atom stereocenters. The van der Waals surface area contributed by atoms with E-state index in [9.17, 15) is 8.78 Å². The van der Waals surface area contributed by atoms with Crippen molar-refractivity contribution in [3.8, 4) is 0 Å². The van der Waals surface area contributed by atoms with Crippen LogP contribution in [-0.4, -0.2) is 19.4 Å². The molecule has 19 heavy (non-hydrogen) atoms. The molecule has 1 aliphatic carbocycles. The third kappa shape index (κ3) is 3.03. The molecule has 1 aromatic carbocycles. The molecule has 0 aliphatic heterocycles. The van der Waals surface area contributed by atoms with Crippen molar-refractivity contribution in [2.24, 2.45) is 11.7 Å². The summed E-state index contributed by atoms with van der Waals surface area (Å²) in [6.07, 6.45) is 4.65. The first-order valence-corrected chi connectivity index (χ1v) is 6.53. The van der Waals surface area contributed by atoms with Gasteiger partial charge in [0.05, 0.1) is 0 Å². The van der Waals surface area contributed by atoms with Crippen LogP contribution < -0.4 is 10.6 Å². The minimum absolute atomic E-state index is 0.0306. The van der Waals surface area contributed by atoms with Gasteiger partial charge in [-0.15, -0.1) is 0 Å². The zero-order chi connectivity index (χ0) is 14.0.